The molecule has 1 fully saturated rings. The Labute approximate surface area is 101 Å². The summed E-state index contributed by atoms with van der Waals surface area (Å²) in [7, 11) is 0. The van der Waals surface area contributed by atoms with E-state index in [0.29, 0.717) is 0 Å². The fraction of sp³-hybridized carbons (Fsp3) is 0.462. The van der Waals surface area contributed by atoms with Gasteiger partial charge in [0.15, 0.2) is 0 Å². The third kappa shape index (κ3) is 2.00. The van der Waals surface area contributed by atoms with Crippen molar-refractivity contribution in [3.8, 4) is 0 Å². The van der Waals surface area contributed by atoms with E-state index in [-0.39, 0.29) is 11.9 Å². The molecule has 2 aliphatic heterocycles. The molecule has 17 heavy (non-hydrogen) atoms. The highest BCUT2D eigenvalue weighted by Gasteiger charge is 2.30. The number of para-hydroxylation sites is 1. The van der Waals surface area contributed by atoms with Crippen molar-refractivity contribution >= 4 is 11.6 Å². The summed E-state index contributed by atoms with van der Waals surface area (Å²) in [5, 5.41) is 6.58. The fourth-order valence-corrected chi connectivity index (χ4v) is 2.55. The third-order valence-corrected chi connectivity index (χ3v) is 3.50. The van der Waals surface area contributed by atoms with Gasteiger partial charge in [-0.25, -0.2) is 0 Å². The zero-order valence-electron chi connectivity index (χ0n) is 9.78. The molecule has 0 saturated carbocycles. The summed E-state index contributed by atoms with van der Waals surface area (Å²) >= 11 is 0. The van der Waals surface area contributed by atoms with Gasteiger partial charge in [-0.15, -0.1) is 0 Å². The van der Waals surface area contributed by atoms with Crippen LogP contribution >= 0.6 is 0 Å². The van der Waals surface area contributed by atoms with Crippen molar-refractivity contribution in [3.63, 3.8) is 0 Å². The maximum Gasteiger partial charge on any atom is 0.245 e. The van der Waals surface area contributed by atoms with E-state index in [2.05, 4.69) is 16.7 Å². The molecule has 1 atom stereocenters. The van der Waals surface area contributed by atoms with E-state index >= 15 is 0 Å². The van der Waals surface area contributed by atoms with Crippen LogP contribution in [0.1, 0.15) is 5.56 Å². The Balaban J connectivity index is 1.69. The lowest BCUT2D eigenvalue weighted by Crippen LogP contribution is -2.51. The van der Waals surface area contributed by atoms with Crippen molar-refractivity contribution < 1.29 is 4.79 Å². The summed E-state index contributed by atoms with van der Waals surface area (Å²) in [4.78, 5) is 14.3. The fourth-order valence-electron chi connectivity index (χ4n) is 2.55. The number of anilines is 1. The Morgan fingerprint density at radius 1 is 1.24 bits per heavy atom. The van der Waals surface area contributed by atoms with Crippen molar-refractivity contribution in [2.24, 2.45) is 0 Å². The van der Waals surface area contributed by atoms with Crippen LogP contribution in [0.15, 0.2) is 24.3 Å². The molecule has 3 rings (SSSR count). The van der Waals surface area contributed by atoms with Gasteiger partial charge < -0.3 is 15.5 Å². The summed E-state index contributed by atoms with van der Waals surface area (Å²) in [6, 6.07) is 8.10. The molecule has 0 aliphatic carbocycles. The first-order chi connectivity index (χ1) is 8.34. The van der Waals surface area contributed by atoms with E-state index in [1.165, 1.54) is 5.56 Å². The molecule has 0 radical (unpaired) electrons. The summed E-state index contributed by atoms with van der Waals surface area (Å²) in [5.41, 5.74) is 2.36. The van der Waals surface area contributed by atoms with E-state index in [4.69, 9.17) is 0 Å². The minimum Gasteiger partial charge on any atom is -0.373 e. The van der Waals surface area contributed by atoms with Gasteiger partial charge in [-0.05, 0) is 11.6 Å². The highest BCUT2D eigenvalue weighted by molar-refractivity contribution is 5.87. The molecule has 1 amide bonds. The number of carbonyl (C=O) groups excluding carboxylic acids is 1. The number of amides is 1. The summed E-state index contributed by atoms with van der Waals surface area (Å²) in [5.74, 6) is 0.239. The number of piperazine rings is 1. The zero-order valence-corrected chi connectivity index (χ0v) is 9.78. The molecule has 2 aliphatic rings. The molecule has 4 heteroatoms. The average Bonchev–Trinajstić information content (AvgIpc) is 2.82. The molecule has 1 aromatic rings. The molecule has 0 spiro atoms. The van der Waals surface area contributed by atoms with Gasteiger partial charge in [0.2, 0.25) is 5.91 Å². The number of hydrogen-bond donors (Lipinski definition) is 2. The summed E-state index contributed by atoms with van der Waals surface area (Å²) < 4.78 is 0. The molecule has 2 N–H and O–H groups in total. The van der Waals surface area contributed by atoms with E-state index in [9.17, 15) is 4.79 Å². The van der Waals surface area contributed by atoms with Crippen molar-refractivity contribution in [3.05, 3.63) is 29.8 Å². The maximum absolute atomic E-state index is 12.3. The van der Waals surface area contributed by atoms with E-state index in [1.54, 1.807) is 0 Å². The van der Waals surface area contributed by atoms with Crippen LogP contribution in [0.2, 0.25) is 0 Å². The van der Waals surface area contributed by atoms with E-state index in [1.807, 2.05) is 23.1 Å². The molecule has 0 bridgehead atoms. The standard InChI is InChI=1S/C13H17N3O/c17-13(16-7-5-14-6-8-16)12-9-10-3-1-2-4-11(10)15-12/h1-4,12,14-15H,5-9H2/t12-/m0/s1. The lowest BCUT2D eigenvalue weighted by Gasteiger charge is -2.29. The molecule has 1 saturated heterocycles. The second-order valence-corrected chi connectivity index (χ2v) is 4.63. The highest BCUT2D eigenvalue weighted by Crippen LogP contribution is 2.25. The highest BCUT2D eigenvalue weighted by atomic mass is 16.2. The molecule has 2 heterocycles. The van der Waals surface area contributed by atoms with Crippen molar-refractivity contribution in [1.29, 1.82) is 0 Å². The minimum atomic E-state index is -0.0644. The normalized spacial score (nSPS) is 23.1. The molecule has 0 unspecified atom stereocenters. The van der Waals surface area contributed by atoms with Crippen molar-refractivity contribution in [2.45, 2.75) is 12.5 Å². The number of rotatable bonds is 1. The molecule has 90 valence electrons. The Kier molecular flexibility index (Phi) is 2.73. The Bertz CT molecular complexity index is 401. The number of nitrogens with zero attached hydrogens (tertiary/aromatic N) is 1. The lowest BCUT2D eigenvalue weighted by molar-refractivity contribution is -0.132. The predicted octanol–water partition coefficient (Wildman–Crippen LogP) is 0.455. The second kappa shape index (κ2) is 4.37. The van der Waals surface area contributed by atoms with Gasteiger partial charge in [0, 0.05) is 38.3 Å². The van der Waals surface area contributed by atoms with Crippen LogP contribution in [0.4, 0.5) is 5.69 Å². The molecule has 1 aromatic carbocycles. The molecular weight excluding hydrogens is 214 g/mol. The first kappa shape index (κ1) is 10.6. The van der Waals surface area contributed by atoms with Crippen molar-refractivity contribution in [2.75, 3.05) is 31.5 Å². The summed E-state index contributed by atoms with van der Waals surface area (Å²) in [6.07, 6.45) is 0.818. The largest absolute Gasteiger partial charge is 0.373 e. The second-order valence-electron chi connectivity index (χ2n) is 4.63. The number of nitrogens with one attached hydrogen (secondary N) is 2. The topological polar surface area (TPSA) is 44.4 Å². The van der Waals surface area contributed by atoms with Crippen LogP contribution in [0.5, 0.6) is 0 Å². The van der Waals surface area contributed by atoms with Crippen LogP contribution in [0.25, 0.3) is 0 Å². The number of carbonyl (C=O) groups is 1. The van der Waals surface area contributed by atoms with Crippen LogP contribution < -0.4 is 10.6 Å². The Morgan fingerprint density at radius 2 is 2.00 bits per heavy atom. The quantitative estimate of drug-likeness (QED) is 0.738. The van der Waals surface area contributed by atoms with E-state index < -0.39 is 0 Å². The van der Waals surface area contributed by atoms with Gasteiger partial charge >= 0.3 is 0 Å². The number of hydrogen-bond acceptors (Lipinski definition) is 3. The average molecular weight is 231 g/mol. The van der Waals surface area contributed by atoms with Gasteiger partial charge in [-0.3, -0.25) is 4.79 Å². The SMILES string of the molecule is O=C([C@@H]1Cc2ccccc2N1)N1CCNCC1. The molecular formula is C13H17N3O. The number of fused-ring (bicyclic) bond motifs is 1. The van der Waals surface area contributed by atoms with Gasteiger partial charge in [-0.1, -0.05) is 18.2 Å². The summed E-state index contributed by atoms with van der Waals surface area (Å²) in [6.45, 7) is 3.47. The predicted molar refractivity (Wildman–Crippen MR) is 67.0 cm³/mol. The Morgan fingerprint density at radius 3 is 2.76 bits per heavy atom. The smallest absolute Gasteiger partial charge is 0.245 e. The zero-order chi connectivity index (χ0) is 11.7. The van der Waals surface area contributed by atoms with Crippen LogP contribution in [0, 0.1) is 0 Å². The third-order valence-electron chi connectivity index (χ3n) is 3.50. The monoisotopic (exact) mass is 231 g/mol. The maximum atomic E-state index is 12.3. The van der Waals surface area contributed by atoms with Gasteiger partial charge in [0.1, 0.15) is 6.04 Å². The van der Waals surface area contributed by atoms with Gasteiger partial charge in [-0.2, -0.15) is 0 Å². The van der Waals surface area contributed by atoms with Crippen LogP contribution in [-0.4, -0.2) is 43.0 Å². The lowest BCUT2D eigenvalue weighted by atomic mass is 10.1. The number of benzene rings is 1. The minimum absolute atomic E-state index is 0.0644. The van der Waals surface area contributed by atoms with Crippen LogP contribution in [0.3, 0.4) is 0 Å². The molecule has 4 nitrogen and oxygen atoms in total. The first-order valence-corrected chi connectivity index (χ1v) is 6.18. The van der Waals surface area contributed by atoms with Gasteiger partial charge in [0.25, 0.3) is 0 Å². The van der Waals surface area contributed by atoms with Crippen molar-refractivity contribution in [1.82, 2.24) is 10.2 Å². The van der Waals surface area contributed by atoms with E-state index in [0.717, 1.165) is 38.3 Å². The molecule has 0 aromatic heterocycles. The van der Waals surface area contributed by atoms with Crippen LogP contribution in [-0.2, 0) is 11.2 Å². The Hall–Kier alpha value is -1.55. The first-order valence-electron chi connectivity index (χ1n) is 6.18. The van der Waals surface area contributed by atoms with Gasteiger partial charge in [0.05, 0.1) is 0 Å².